The number of allylic oxidation sites excluding steroid dienone is 1. The van der Waals surface area contributed by atoms with Crippen molar-refractivity contribution < 1.29 is 9.18 Å². The predicted molar refractivity (Wildman–Crippen MR) is 100 cm³/mol. The largest absolute Gasteiger partial charge is 0.308 e. The molecule has 1 N–H and O–H groups in total. The summed E-state index contributed by atoms with van der Waals surface area (Å²) >= 11 is 0. The first kappa shape index (κ1) is 17.8. The van der Waals surface area contributed by atoms with Gasteiger partial charge in [0, 0.05) is 12.4 Å². The lowest BCUT2D eigenvalue weighted by Crippen LogP contribution is -2.15. The molecule has 0 atom stereocenters. The normalized spacial score (nSPS) is 12.0. The van der Waals surface area contributed by atoms with Crippen LogP contribution >= 0.6 is 0 Å². The number of aromatic nitrogens is 3. The first-order valence-corrected chi connectivity index (χ1v) is 8.39. The number of hydrogen-bond donors (Lipinski definition) is 1. The van der Waals surface area contributed by atoms with Gasteiger partial charge in [0.15, 0.2) is 11.5 Å². The lowest BCUT2D eigenvalue weighted by atomic mass is 9.95. The number of hydrogen-bond acceptors (Lipinski definition) is 3. The van der Waals surface area contributed by atoms with Crippen molar-refractivity contribution in [3.05, 3.63) is 65.7 Å². The van der Waals surface area contributed by atoms with Crippen LogP contribution in [0.2, 0.25) is 0 Å². The van der Waals surface area contributed by atoms with Gasteiger partial charge >= 0.3 is 0 Å². The topological polar surface area (TPSA) is 59.3 Å². The minimum Gasteiger partial charge on any atom is -0.308 e. The smallest absolute Gasteiger partial charge is 0.230 e. The molecule has 0 bridgehead atoms. The Morgan fingerprint density at radius 2 is 2.00 bits per heavy atom. The molecule has 0 aliphatic carbocycles. The van der Waals surface area contributed by atoms with Crippen molar-refractivity contribution >= 4 is 23.4 Å². The maximum atomic E-state index is 13.0. The molecule has 0 unspecified atom stereocenters. The van der Waals surface area contributed by atoms with Crippen molar-refractivity contribution in [1.82, 2.24) is 14.6 Å². The van der Waals surface area contributed by atoms with Gasteiger partial charge in [0.25, 0.3) is 0 Å². The first-order valence-electron chi connectivity index (χ1n) is 8.39. The van der Waals surface area contributed by atoms with E-state index in [0.29, 0.717) is 11.5 Å². The SMILES string of the molecule is CC(C)(C)/C=C/c1c(NC(=O)Cc2ccc(F)cc2)nn2cccnc12. The third kappa shape index (κ3) is 4.33. The maximum Gasteiger partial charge on any atom is 0.230 e. The highest BCUT2D eigenvalue weighted by atomic mass is 19.1. The second-order valence-corrected chi connectivity index (χ2v) is 7.20. The molecule has 0 aliphatic rings. The summed E-state index contributed by atoms with van der Waals surface area (Å²) in [4.78, 5) is 16.8. The van der Waals surface area contributed by atoms with E-state index in [9.17, 15) is 9.18 Å². The van der Waals surface area contributed by atoms with Crippen molar-refractivity contribution in [3.63, 3.8) is 0 Å². The van der Waals surface area contributed by atoms with Crippen LogP contribution in [0, 0.1) is 11.2 Å². The lowest BCUT2D eigenvalue weighted by Gasteiger charge is -2.11. The van der Waals surface area contributed by atoms with Crippen molar-refractivity contribution in [3.8, 4) is 0 Å². The fourth-order valence-electron chi connectivity index (χ4n) is 2.45. The summed E-state index contributed by atoms with van der Waals surface area (Å²) in [7, 11) is 0. The maximum absolute atomic E-state index is 13.0. The van der Waals surface area contributed by atoms with Gasteiger partial charge in [-0.25, -0.2) is 13.9 Å². The molecule has 0 spiro atoms. The van der Waals surface area contributed by atoms with E-state index >= 15 is 0 Å². The summed E-state index contributed by atoms with van der Waals surface area (Å²) in [6.07, 6.45) is 7.60. The molecule has 3 rings (SSSR count). The molecule has 1 amide bonds. The van der Waals surface area contributed by atoms with E-state index in [4.69, 9.17) is 0 Å². The van der Waals surface area contributed by atoms with Gasteiger partial charge in [0.2, 0.25) is 5.91 Å². The van der Waals surface area contributed by atoms with Crippen molar-refractivity contribution in [2.45, 2.75) is 27.2 Å². The van der Waals surface area contributed by atoms with Gasteiger partial charge in [0.05, 0.1) is 12.0 Å². The standard InChI is InChI=1S/C20H21FN4O/c1-20(2,3)10-9-16-18(24-25-12-4-11-22-19(16)25)23-17(26)13-14-5-7-15(21)8-6-14/h4-12H,13H2,1-3H3,(H,23,24,26)/b10-9+. The van der Waals surface area contributed by atoms with Gasteiger partial charge in [0.1, 0.15) is 5.82 Å². The Balaban J connectivity index is 1.87. The van der Waals surface area contributed by atoms with Crippen LogP contribution in [0.5, 0.6) is 0 Å². The molecule has 0 saturated heterocycles. The number of rotatable bonds is 4. The highest BCUT2D eigenvalue weighted by Gasteiger charge is 2.15. The minimum absolute atomic E-state index is 0.0154. The highest BCUT2D eigenvalue weighted by Crippen LogP contribution is 2.24. The molecule has 6 heteroatoms. The number of halogens is 1. The fourth-order valence-corrected chi connectivity index (χ4v) is 2.45. The van der Waals surface area contributed by atoms with E-state index in [1.807, 2.05) is 12.2 Å². The van der Waals surface area contributed by atoms with Crippen molar-refractivity contribution in [2.24, 2.45) is 5.41 Å². The Hall–Kier alpha value is -3.02. The van der Waals surface area contributed by atoms with Crippen LogP contribution in [0.4, 0.5) is 10.2 Å². The summed E-state index contributed by atoms with van der Waals surface area (Å²) in [5, 5.41) is 7.26. The summed E-state index contributed by atoms with van der Waals surface area (Å²) in [5.74, 6) is -0.0862. The Morgan fingerprint density at radius 1 is 1.27 bits per heavy atom. The second-order valence-electron chi connectivity index (χ2n) is 7.20. The molecule has 0 fully saturated rings. The molecule has 0 aliphatic heterocycles. The Bertz CT molecular complexity index is 952. The average molecular weight is 352 g/mol. The zero-order valence-corrected chi connectivity index (χ0v) is 15.0. The zero-order chi connectivity index (χ0) is 18.7. The van der Waals surface area contributed by atoms with E-state index in [2.05, 4.69) is 36.2 Å². The Kier molecular flexibility index (Phi) is 4.84. The highest BCUT2D eigenvalue weighted by molar-refractivity contribution is 5.94. The number of carbonyl (C=O) groups is 1. The summed E-state index contributed by atoms with van der Waals surface area (Å²) in [5.41, 5.74) is 2.15. The average Bonchev–Trinajstić information content (AvgIpc) is 2.91. The fraction of sp³-hybridized carbons (Fsp3) is 0.250. The van der Waals surface area contributed by atoms with Crippen LogP contribution in [-0.2, 0) is 11.2 Å². The number of nitrogens with one attached hydrogen (secondary N) is 1. The molecule has 134 valence electrons. The van der Waals surface area contributed by atoms with Crippen molar-refractivity contribution in [2.75, 3.05) is 5.32 Å². The monoisotopic (exact) mass is 352 g/mol. The Labute approximate surface area is 151 Å². The van der Waals surface area contributed by atoms with Crippen LogP contribution in [0.1, 0.15) is 31.9 Å². The quantitative estimate of drug-likeness (QED) is 0.769. The molecule has 5 nitrogen and oxygen atoms in total. The number of nitrogens with zero attached hydrogens (tertiary/aromatic N) is 3. The molecule has 26 heavy (non-hydrogen) atoms. The Morgan fingerprint density at radius 3 is 2.69 bits per heavy atom. The molecular formula is C20H21FN4O. The zero-order valence-electron chi connectivity index (χ0n) is 15.0. The second kappa shape index (κ2) is 7.07. The van der Waals surface area contributed by atoms with Gasteiger partial charge in [-0.05, 0) is 29.2 Å². The molecule has 0 saturated carbocycles. The number of carbonyl (C=O) groups excluding carboxylic acids is 1. The lowest BCUT2D eigenvalue weighted by molar-refractivity contribution is -0.115. The van der Waals surface area contributed by atoms with Crippen LogP contribution in [0.3, 0.4) is 0 Å². The molecule has 2 heterocycles. The number of anilines is 1. The molecule has 0 radical (unpaired) electrons. The van der Waals surface area contributed by atoms with E-state index in [1.54, 1.807) is 35.1 Å². The van der Waals surface area contributed by atoms with Crippen LogP contribution < -0.4 is 5.32 Å². The predicted octanol–water partition coefficient (Wildman–Crippen LogP) is 4.11. The number of benzene rings is 1. The first-order chi connectivity index (χ1) is 12.3. The van der Waals surface area contributed by atoms with Crippen LogP contribution in [0.15, 0.2) is 48.8 Å². The summed E-state index contributed by atoms with van der Waals surface area (Å²) in [6.45, 7) is 6.28. The van der Waals surface area contributed by atoms with Gasteiger partial charge < -0.3 is 5.32 Å². The molecule has 2 aromatic heterocycles. The van der Waals surface area contributed by atoms with E-state index in [0.717, 1.165) is 11.1 Å². The van der Waals surface area contributed by atoms with E-state index in [-0.39, 0.29) is 23.6 Å². The van der Waals surface area contributed by atoms with Crippen LogP contribution in [-0.4, -0.2) is 20.5 Å². The van der Waals surface area contributed by atoms with E-state index in [1.165, 1.54) is 12.1 Å². The third-order valence-corrected chi connectivity index (χ3v) is 3.72. The number of amides is 1. The van der Waals surface area contributed by atoms with Crippen LogP contribution in [0.25, 0.3) is 11.7 Å². The summed E-state index contributed by atoms with van der Waals surface area (Å²) < 4.78 is 14.6. The van der Waals surface area contributed by atoms with Gasteiger partial charge in [-0.15, -0.1) is 5.10 Å². The van der Waals surface area contributed by atoms with Gasteiger partial charge in [-0.2, -0.15) is 0 Å². The summed E-state index contributed by atoms with van der Waals surface area (Å²) in [6, 6.07) is 7.66. The molecule has 3 aromatic rings. The molecular weight excluding hydrogens is 331 g/mol. The third-order valence-electron chi connectivity index (χ3n) is 3.72. The van der Waals surface area contributed by atoms with Gasteiger partial charge in [-0.3, -0.25) is 4.79 Å². The number of fused-ring (bicyclic) bond motifs is 1. The van der Waals surface area contributed by atoms with Gasteiger partial charge in [-0.1, -0.05) is 45.1 Å². The minimum atomic E-state index is -0.324. The van der Waals surface area contributed by atoms with E-state index < -0.39 is 0 Å². The van der Waals surface area contributed by atoms with Crippen molar-refractivity contribution in [1.29, 1.82) is 0 Å². The molecule has 1 aromatic carbocycles.